The van der Waals surface area contributed by atoms with Crippen molar-refractivity contribution in [1.82, 2.24) is 15.0 Å². The molecule has 4 aromatic rings. The minimum absolute atomic E-state index is 0.0173. The van der Waals surface area contributed by atoms with Crippen LogP contribution in [0, 0.1) is 6.92 Å². The number of fused-ring (bicyclic) bond motifs is 3. The van der Waals surface area contributed by atoms with Crippen molar-refractivity contribution in [3.8, 4) is 0 Å². The summed E-state index contributed by atoms with van der Waals surface area (Å²) < 4.78 is 0. The van der Waals surface area contributed by atoms with E-state index in [4.69, 9.17) is 9.97 Å². The highest BCUT2D eigenvalue weighted by atomic mass is 32.1. The highest BCUT2D eigenvalue weighted by molar-refractivity contribution is 7.19. The van der Waals surface area contributed by atoms with Crippen LogP contribution in [0.15, 0.2) is 54.9 Å². The maximum absolute atomic E-state index is 4.81. The monoisotopic (exact) mass is 372 g/mol. The van der Waals surface area contributed by atoms with E-state index in [1.165, 1.54) is 39.8 Å². The molecule has 3 aromatic heterocycles. The molecule has 3 heterocycles. The second-order valence-electron chi connectivity index (χ2n) is 6.93. The Labute approximate surface area is 162 Å². The number of hydrogen-bond acceptors (Lipinski definition) is 5. The fourth-order valence-electron chi connectivity index (χ4n) is 3.90. The van der Waals surface area contributed by atoms with Gasteiger partial charge >= 0.3 is 0 Å². The van der Waals surface area contributed by atoms with Crippen LogP contribution in [0.3, 0.4) is 0 Å². The predicted octanol–water partition coefficient (Wildman–Crippen LogP) is 5.08. The van der Waals surface area contributed by atoms with Gasteiger partial charge in [-0.05, 0) is 55.0 Å². The van der Waals surface area contributed by atoms with Gasteiger partial charge in [-0.15, -0.1) is 11.3 Å². The lowest BCUT2D eigenvalue weighted by Crippen LogP contribution is -2.14. The van der Waals surface area contributed by atoms with Crippen LogP contribution in [0.2, 0.25) is 0 Å². The lowest BCUT2D eigenvalue weighted by atomic mass is 9.99. The SMILES string of the molecule is Cc1nc(N[C@@H](c2ccccc2)c2ccncc2)c2c3c(sc2n1)CCC3. The minimum Gasteiger partial charge on any atom is -0.358 e. The van der Waals surface area contributed by atoms with E-state index in [2.05, 4.69) is 46.7 Å². The topological polar surface area (TPSA) is 50.7 Å². The third-order valence-electron chi connectivity index (χ3n) is 5.13. The fourth-order valence-corrected chi connectivity index (χ4v) is 5.21. The molecule has 0 aliphatic heterocycles. The quantitative estimate of drug-likeness (QED) is 0.542. The average molecular weight is 372 g/mol. The Hall–Kier alpha value is -2.79. The maximum atomic E-state index is 4.81. The van der Waals surface area contributed by atoms with Crippen molar-refractivity contribution in [1.29, 1.82) is 0 Å². The first-order chi connectivity index (χ1) is 13.3. The summed E-state index contributed by atoms with van der Waals surface area (Å²) in [6.07, 6.45) is 7.21. The van der Waals surface area contributed by atoms with Gasteiger partial charge in [0.25, 0.3) is 0 Å². The minimum atomic E-state index is 0.0173. The van der Waals surface area contributed by atoms with E-state index in [9.17, 15) is 0 Å². The standard InChI is InChI=1S/C22H20N4S/c1-14-24-21(19-17-8-5-9-18(17)27-22(19)25-14)26-20(15-6-3-2-4-7-15)16-10-12-23-13-11-16/h2-4,6-7,10-13,20H,5,8-9H2,1H3,(H,24,25,26)/t20-/m0/s1. The summed E-state index contributed by atoms with van der Waals surface area (Å²) in [5, 5.41) is 4.95. The van der Waals surface area contributed by atoms with Crippen LogP contribution in [0.5, 0.6) is 0 Å². The molecule has 0 radical (unpaired) electrons. The van der Waals surface area contributed by atoms with E-state index in [0.717, 1.165) is 22.9 Å². The van der Waals surface area contributed by atoms with Gasteiger partial charge in [0.05, 0.1) is 11.4 Å². The van der Waals surface area contributed by atoms with Crippen molar-refractivity contribution >= 4 is 27.4 Å². The number of pyridine rings is 1. The first-order valence-corrected chi connectivity index (χ1v) is 10.1. The lowest BCUT2D eigenvalue weighted by Gasteiger charge is -2.21. The van der Waals surface area contributed by atoms with E-state index < -0.39 is 0 Å². The van der Waals surface area contributed by atoms with E-state index in [1.807, 2.05) is 36.7 Å². The summed E-state index contributed by atoms with van der Waals surface area (Å²) in [5.74, 6) is 1.76. The number of hydrogen-bond donors (Lipinski definition) is 1. The van der Waals surface area contributed by atoms with Gasteiger partial charge < -0.3 is 5.32 Å². The molecular weight excluding hydrogens is 352 g/mol. The number of anilines is 1. The molecule has 5 rings (SSSR count). The van der Waals surface area contributed by atoms with Crippen LogP contribution in [0.25, 0.3) is 10.2 Å². The molecule has 0 unspecified atom stereocenters. The molecule has 1 aliphatic rings. The van der Waals surface area contributed by atoms with Gasteiger partial charge in [0.15, 0.2) is 0 Å². The van der Waals surface area contributed by atoms with Crippen molar-refractivity contribution in [2.75, 3.05) is 5.32 Å². The molecule has 5 heteroatoms. The molecule has 134 valence electrons. The maximum Gasteiger partial charge on any atom is 0.139 e. The molecule has 1 atom stereocenters. The first kappa shape index (κ1) is 16.4. The van der Waals surface area contributed by atoms with Crippen molar-refractivity contribution in [2.45, 2.75) is 32.2 Å². The van der Waals surface area contributed by atoms with E-state index in [0.29, 0.717) is 0 Å². The van der Waals surface area contributed by atoms with Crippen molar-refractivity contribution in [2.24, 2.45) is 0 Å². The van der Waals surface area contributed by atoms with Gasteiger partial charge in [-0.3, -0.25) is 4.98 Å². The molecule has 0 bridgehead atoms. The second kappa shape index (κ2) is 6.74. The number of thiophene rings is 1. The zero-order chi connectivity index (χ0) is 18.2. The third-order valence-corrected chi connectivity index (χ3v) is 6.32. The van der Waals surface area contributed by atoms with Gasteiger partial charge in [-0.25, -0.2) is 9.97 Å². The number of aromatic nitrogens is 3. The Bertz CT molecular complexity index is 1050. The normalized spacial score (nSPS) is 14.3. The van der Waals surface area contributed by atoms with E-state index >= 15 is 0 Å². The molecule has 0 saturated heterocycles. The molecule has 0 saturated carbocycles. The molecule has 0 fully saturated rings. The number of benzene rings is 1. The number of nitrogens with zero attached hydrogens (tertiary/aromatic N) is 3. The van der Waals surface area contributed by atoms with E-state index in [-0.39, 0.29) is 6.04 Å². The summed E-state index contributed by atoms with van der Waals surface area (Å²) in [6.45, 7) is 1.97. The zero-order valence-corrected chi connectivity index (χ0v) is 16.0. The molecule has 1 aliphatic carbocycles. The smallest absolute Gasteiger partial charge is 0.139 e. The van der Waals surface area contributed by atoms with Crippen molar-refractivity contribution < 1.29 is 0 Å². The predicted molar refractivity (Wildman–Crippen MR) is 110 cm³/mol. The van der Waals surface area contributed by atoms with Gasteiger partial charge in [-0.2, -0.15) is 0 Å². The molecule has 27 heavy (non-hydrogen) atoms. The first-order valence-electron chi connectivity index (χ1n) is 9.30. The van der Waals surface area contributed by atoms with Gasteiger partial charge in [0, 0.05) is 17.3 Å². The van der Waals surface area contributed by atoms with Crippen molar-refractivity contribution in [3.05, 3.63) is 82.3 Å². The molecule has 1 aromatic carbocycles. The van der Waals surface area contributed by atoms with Crippen LogP contribution >= 0.6 is 11.3 Å². The summed E-state index contributed by atoms with van der Waals surface area (Å²) in [5.41, 5.74) is 3.83. The fraction of sp³-hybridized carbons (Fsp3) is 0.227. The Balaban J connectivity index is 1.65. The molecule has 0 amide bonds. The van der Waals surface area contributed by atoms with E-state index in [1.54, 1.807) is 0 Å². The highest BCUT2D eigenvalue weighted by Crippen LogP contribution is 2.40. The summed E-state index contributed by atoms with van der Waals surface area (Å²) >= 11 is 1.83. The lowest BCUT2D eigenvalue weighted by molar-refractivity contribution is 0.909. The van der Waals surface area contributed by atoms with Crippen LogP contribution in [0.4, 0.5) is 5.82 Å². The Morgan fingerprint density at radius 1 is 0.963 bits per heavy atom. The molecule has 4 nitrogen and oxygen atoms in total. The largest absolute Gasteiger partial charge is 0.358 e. The van der Waals surface area contributed by atoms with Crippen LogP contribution in [-0.2, 0) is 12.8 Å². The Morgan fingerprint density at radius 2 is 1.74 bits per heavy atom. The third kappa shape index (κ3) is 2.98. The van der Waals surface area contributed by atoms with Gasteiger partial charge in [0.1, 0.15) is 16.5 Å². The van der Waals surface area contributed by atoms with Crippen molar-refractivity contribution in [3.63, 3.8) is 0 Å². The number of aryl methyl sites for hydroxylation is 3. The summed E-state index contributed by atoms with van der Waals surface area (Å²) in [7, 11) is 0. The van der Waals surface area contributed by atoms with Gasteiger partial charge in [-0.1, -0.05) is 30.3 Å². The zero-order valence-electron chi connectivity index (χ0n) is 15.1. The Kier molecular flexibility index (Phi) is 4.09. The Morgan fingerprint density at radius 3 is 2.56 bits per heavy atom. The summed E-state index contributed by atoms with van der Waals surface area (Å²) in [4.78, 5) is 16.3. The molecule has 1 N–H and O–H groups in total. The highest BCUT2D eigenvalue weighted by Gasteiger charge is 2.24. The number of rotatable bonds is 4. The van der Waals surface area contributed by atoms with Crippen LogP contribution < -0.4 is 5.32 Å². The van der Waals surface area contributed by atoms with Crippen LogP contribution in [-0.4, -0.2) is 15.0 Å². The van der Waals surface area contributed by atoms with Crippen LogP contribution in [0.1, 0.15) is 39.9 Å². The number of nitrogens with one attached hydrogen (secondary N) is 1. The second-order valence-corrected chi connectivity index (χ2v) is 8.01. The molecular formula is C22H20N4S. The summed E-state index contributed by atoms with van der Waals surface area (Å²) in [6, 6.07) is 14.7. The average Bonchev–Trinajstić information content (AvgIpc) is 3.28. The molecule has 0 spiro atoms. The van der Waals surface area contributed by atoms with Gasteiger partial charge in [0.2, 0.25) is 0 Å².